The van der Waals surface area contributed by atoms with E-state index in [0.29, 0.717) is 12.5 Å². The molecule has 0 heterocycles. The molecule has 1 unspecified atom stereocenters. The van der Waals surface area contributed by atoms with E-state index in [1.165, 1.54) is 50.7 Å². The molecule has 0 aliphatic heterocycles. The van der Waals surface area contributed by atoms with E-state index in [1.54, 1.807) is 0 Å². The first kappa shape index (κ1) is 15.4. The number of benzene rings is 1. The zero-order valence-electron chi connectivity index (χ0n) is 12.3. The summed E-state index contributed by atoms with van der Waals surface area (Å²) >= 11 is 0. The van der Waals surface area contributed by atoms with Gasteiger partial charge in [0, 0.05) is 12.1 Å². The first-order valence-electron chi connectivity index (χ1n) is 7.79. The molecule has 0 bridgehead atoms. The molecule has 20 heavy (non-hydrogen) atoms. The van der Waals surface area contributed by atoms with Crippen molar-refractivity contribution in [2.75, 3.05) is 7.05 Å². The Morgan fingerprint density at radius 1 is 1.10 bits per heavy atom. The lowest BCUT2D eigenvalue weighted by molar-refractivity contribution is 0.315. The number of halogens is 2. The Hall–Kier alpha value is -0.960. The van der Waals surface area contributed by atoms with Crippen molar-refractivity contribution < 1.29 is 8.78 Å². The van der Waals surface area contributed by atoms with Crippen LogP contribution < -0.4 is 5.32 Å². The summed E-state index contributed by atoms with van der Waals surface area (Å²) in [5.41, 5.74) is 0.741. The van der Waals surface area contributed by atoms with Crippen LogP contribution in [0.2, 0.25) is 0 Å². The SMILES string of the molecule is CNC(CCC1CCCCC1)Cc1cc(F)cc(F)c1. The first-order chi connectivity index (χ1) is 9.67. The minimum Gasteiger partial charge on any atom is -0.317 e. The summed E-state index contributed by atoms with van der Waals surface area (Å²) in [5.74, 6) is -0.117. The molecule has 0 amide bonds. The fourth-order valence-electron chi connectivity index (χ4n) is 3.27. The first-order valence-corrected chi connectivity index (χ1v) is 7.79. The monoisotopic (exact) mass is 281 g/mol. The number of nitrogens with one attached hydrogen (secondary N) is 1. The van der Waals surface area contributed by atoms with Gasteiger partial charge in [-0.1, -0.05) is 32.1 Å². The van der Waals surface area contributed by atoms with Crippen LogP contribution in [0.3, 0.4) is 0 Å². The summed E-state index contributed by atoms with van der Waals surface area (Å²) in [6.45, 7) is 0. The van der Waals surface area contributed by atoms with Gasteiger partial charge in [-0.3, -0.25) is 0 Å². The van der Waals surface area contributed by atoms with Crippen LogP contribution in [0.1, 0.15) is 50.5 Å². The third-order valence-corrected chi connectivity index (χ3v) is 4.46. The van der Waals surface area contributed by atoms with Gasteiger partial charge in [-0.25, -0.2) is 8.78 Å². The smallest absolute Gasteiger partial charge is 0.126 e. The maximum Gasteiger partial charge on any atom is 0.126 e. The van der Waals surface area contributed by atoms with Crippen LogP contribution in [0.25, 0.3) is 0 Å². The largest absolute Gasteiger partial charge is 0.317 e. The molecule has 0 radical (unpaired) electrons. The average molecular weight is 281 g/mol. The van der Waals surface area contributed by atoms with Gasteiger partial charge in [0.25, 0.3) is 0 Å². The Morgan fingerprint density at radius 3 is 2.35 bits per heavy atom. The lowest BCUT2D eigenvalue weighted by atomic mass is 9.84. The molecule has 0 aromatic heterocycles. The Labute approximate surface area is 120 Å². The van der Waals surface area contributed by atoms with Crippen molar-refractivity contribution in [1.82, 2.24) is 5.32 Å². The molecule has 1 saturated carbocycles. The summed E-state index contributed by atoms with van der Waals surface area (Å²) in [6, 6.07) is 4.11. The average Bonchev–Trinajstić information content (AvgIpc) is 2.43. The van der Waals surface area contributed by atoms with Crippen molar-refractivity contribution in [2.24, 2.45) is 5.92 Å². The summed E-state index contributed by atoms with van der Waals surface area (Å²) < 4.78 is 26.4. The zero-order chi connectivity index (χ0) is 14.4. The molecule has 1 atom stereocenters. The topological polar surface area (TPSA) is 12.0 Å². The van der Waals surface area contributed by atoms with Gasteiger partial charge in [-0.05, 0) is 49.9 Å². The highest BCUT2D eigenvalue weighted by atomic mass is 19.1. The standard InChI is InChI=1S/C17H25F2N/c1-20-17(8-7-13-5-3-2-4-6-13)11-14-9-15(18)12-16(19)10-14/h9-10,12-13,17,20H,2-8,11H2,1H3. The summed E-state index contributed by atoms with van der Waals surface area (Å²) in [7, 11) is 1.93. The Balaban J connectivity index is 1.84. The van der Waals surface area contributed by atoms with Gasteiger partial charge in [0.1, 0.15) is 11.6 Å². The lowest BCUT2D eigenvalue weighted by Gasteiger charge is -2.24. The number of hydrogen-bond acceptors (Lipinski definition) is 1. The third-order valence-electron chi connectivity index (χ3n) is 4.46. The van der Waals surface area contributed by atoms with E-state index in [1.807, 2.05) is 7.05 Å². The molecular weight excluding hydrogens is 256 g/mol. The number of hydrogen-bond donors (Lipinski definition) is 1. The Bertz CT molecular complexity index is 393. The fourth-order valence-corrected chi connectivity index (χ4v) is 3.27. The van der Waals surface area contributed by atoms with Crippen LogP contribution in [0, 0.1) is 17.6 Å². The van der Waals surface area contributed by atoms with Crippen molar-refractivity contribution in [3.05, 3.63) is 35.4 Å². The number of rotatable bonds is 6. The second-order valence-electron chi connectivity index (χ2n) is 6.05. The highest BCUT2D eigenvalue weighted by molar-refractivity contribution is 5.18. The molecule has 0 saturated heterocycles. The van der Waals surface area contributed by atoms with Crippen molar-refractivity contribution in [3.8, 4) is 0 Å². The summed E-state index contributed by atoms with van der Waals surface area (Å²) in [6.07, 6.45) is 9.82. The van der Waals surface area contributed by atoms with Crippen LogP contribution in [0.15, 0.2) is 18.2 Å². The van der Waals surface area contributed by atoms with Gasteiger partial charge in [-0.2, -0.15) is 0 Å². The quantitative estimate of drug-likeness (QED) is 0.812. The molecule has 112 valence electrons. The maximum absolute atomic E-state index is 13.2. The zero-order valence-corrected chi connectivity index (χ0v) is 12.3. The third kappa shape index (κ3) is 4.86. The molecule has 1 fully saturated rings. The van der Waals surface area contributed by atoms with Crippen molar-refractivity contribution in [2.45, 2.75) is 57.4 Å². The van der Waals surface area contributed by atoms with Gasteiger partial charge >= 0.3 is 0 Å². The van der Waals surface area contributed by atoms with Crippen LogP contribution in [0.4, 0.5) is 8.78 Å². The van der Waals surface area contributed by atoms with Gasteiger partial charge in [-0.15, -0.1) is 0 Å². The van der Waals surface area contributed by atoms with E-state index in [0.717, 1.165) is 24.0 Å². The molecule has 1 aromatic carbocycles. The molecule has 1 nitrogen and oxygen atoms in total. The summed E-state index contributed by atoms with van der Waals surface area (Å²) in [4.78, 5) is 0. The van der Waals surface area contributed by atoms with Crippen LogP contribution >= 0.6 is 0 Å². The van der Waals surface area contributed by atoms with E-state index in [4.69, 9.17) is 0 Å². The molecule has 1 aliphatic rings. The van der Waals surface area contributed by atoms with Crippen molar-refractivity contribution in [1.29, 1.82) is 0 Å². The van der Waals surface area contributed by atoms with E-state index in [-0.39, 0.29) is 0 Å². The van der Waals surface area contributed by atoms with E-state index in [2.05, 4.69) is 5.32 Å². The normalized spacial score (nSPS) is 18.1. The molecular formula is C17H25F2N. The highest BCUT2D eigenvalue weighted by Gasteiger charge is 2.16. The fraction of sp³-hybridized carbons (Fsp3) is 0.647. The second-order valence-corrected chi connectivity index (χ2v) is 6.05. The molecule has 0 spiro atoms. The Kier molecular flexibility index (Phi) is 5.96. The molecule has 3 heteroatoms. The maximum atomic E-state index is 13.2. The molecule has 1 aromatic rings. The van der Waals surface area contributed by atoms with Crippen LogP contribution in [-0.4, -0.2) is 13.1 Å². The molecule has 1 N–H and O–H groups in total. The Morgan fingerprint density at radius 2 is 1.75 bits per heavy atom. The molecule has 1 aliphatic carbocycles. The molecule has 2 rings (SSSR count). The van der Waals surface area contributed by atoms with E-state index >= 15 is 0 Å². The van der Waals surface area contributed by atoms with E-state index < -0.39 is 11.6 Å². The lowest BCUT2D eigenvalue weighted by Crippen LogP contribution is -2.28. The second kappa shape index (κ2) is 7.72. The highest BCUT2D eigenvalue weighted by Crippen LogP contribution is 2.28. The van der Waals surface area contributed by atoms with Crippen molar-refractivity contribution in [3.63, 3.8) is 0 Å². The minimum atomic E-state index is -0.484. The minimum absolute atomic E-state index is 0.304. The van der Waals surface area contributed by atoms with Crippen LogP contribution in [0.5, 0.6) is 0 Å². The number of likely N-dealkylation sites (N-methyl/N-ethyl adjacent to an activating group) is 1. The predicted octanol–water partition coefficient (Wildman–Crippen LogP) is 4.46. The van der Waals surface area contributed by atoms with Gasteiger partial charge in [0.05, 0.1) is 0 Å². The van der Waals surface area contributed by atoms with E-state index in [9.17, 15) is 8.78 Å². The summed E-state index contributed by atoms with van der Waals surface area (Å²) in [5, 5.41) is 3.28. The van der Waals surface area contributed by atoms with Crippen molar-refractivity contribution >= 4 is 0 Å². The van der Waals surface area contributed by atoms with Gasteiger partial charge in [0.15, 0.2) is 0 Å². The van der Waals surface area contributed by atoms with Crippen LogP contribution in [-0.2, 0) is 6.42 Å². The van der Waals surface area contributed by atoms with Gasteiger partial charge < -0.3 is 5.32 Å². The predicted molar refractivity (Wildman–Crippen MR) is 78.7 cm³/mol. The van der Waals surface area contributed by atoms with Gasteiger partial charge in [0.2, 0.25) is 0 Å².